The molecule has 3 aromatic rings. The summed E-state index contributed by atoms with van der Waals surface area (Å²) in [5, 5.41) is 0. The van der Waals surface area contributed by atoms with Crippen LogP contribution in [0, 0.1) is 12.7 Å². The van der Waals surface area contributed by atoms with Gasteiger partial charge < -0.3 is 20.8 Å². The van der Waals surface area contributed by atoms with Gasteiger partial charge >= 0.3 is 0 Å². The highest BCUT2D eigenvalue weighted by Gasteiger charge is 2.20. The second kappa shape index (κ2) is 8.60. The molecule has 0 saturated heterocycles. The second-order valence-electron chi connectivity index (χ2n) is 6.60. The molecule has 3 rings (SSSR count). The van der Waals surface area contributed by atoms with Gasteiger partial charge in [0.15, 0.2) is 5.96 Å². The summed E-state index contributed by atoms with van der Waals surface area (Å²) in [5.41, 5.74) is 14.6. The van der Waals surface area contributed by atoms with Crippen LogP contribution in [0.25, 0.3) is 11.3 Å². The maximum absolute atomic E-state index is 13.2. The van der Waals surface area contributed by atoms with Crippen molar-refractivity contribution >= 4 is 11.9 Å². The molecule has 6 nitrogen and oxygen atoms in total. The Balaban J connectivity index is 2.06. The highest BCUT2D eigenvalue weighted by molar-refractivity contribution is 6.03. The minimum atomic E-state index is -0.501. The van der Waals surface area contributed by atoms with E-state index in [0.29, 0.717) is 24.3 Å². The van der Waals surface area contributed by atoms with Crippen molar-refractivity contribution in [3.05, 3.63) is 77.2 Å². The fourth-order valence-corrected chi connectivity index (χ4v) is 3.30. The fourth-order valence-electron chi connectivity index (χ4n) is 3.30. The third-order valence-electron chi connectivity index (χ3n) is 4.75. The standard InChI is InChI=1S/C22H23FN4O2/c1-14-18(21(28)26-22(24)25)13-19(17-5-3-4-6-20(17)29-2)27(14)12-11-15-7-9-16(23)10-8-15/h3-10,13H,11-12H2,1-2H3,(H4,24,25,26,28). The summed E-state index contributed by atoms with van der Waals surface area (Å²) >= 11 is 0. The number of carbonyl (C=O) groups excluding carboxylic acids is 1. The molecule has 0 atom stereocenters. The van der Waals surface area contributed by atoms with Gasteiger partial charge in [-0.25, -0.2) is 4.39 Å². The van der Waals surface area contributed by atoms with Gasteiger partial charge in [0.05, 0.1) is 18.4 Å². The molecular formula is C22H23FN4O2. The van der Waals surface area contributed by atoms with Gasteiger partial charge in [0.25, 0.3) is 5.91 Å². The quantitative estimate of drug-likeness (QED) is 0.495. The van der Waals surface area contributed by atoms with Gasteiger partial charge in [0.2, 0.25) is 0 Å². The Labute approximate surface area is 168 Å². The van der Waals surface area contributed by atoms with Crippen molar-refractivity contribution in [2.24, 2.45) is 16.5 Å². The number of nitrogens with two attached hydrogens (primary N) is 2. The Hall–Kier alpha value is -3.61. The van der Waals surface area contributed by atoms with E-state index in [0.717, 1.165) is 22.5 Å². The van der Waals surface area contributed by atoms with E-state index < -0.39 is 5.91 Å². The van der Waals surface area contributed by atoms with Gasteiger partial charge in [-0.2, -0.15) is 4.99 Å². The Morgan fingerprint density at radius 3 is 2.48 bits per heavy atom. The molecule has 1 heterocycles. The van der Waals surface area contributed by atoms with Crippen LogP contribution in [-0.4, -0.2) is 23.5 Å². The summed E-state index contributed by atoms with van der Waals surface area (Å²) in [6.45, 7) is 2.43. The molecule has 0 aliphatic rings. The summed E-state index contributed by atoms with van der Waals surface area (Å²) in [6.07, 6.45) is 0.661. The van der Waals surface area contributed by atoms with Crippen LogP contribution in [-0.2, 0) is 13.0 Å². The maximum atomic E-state index is 13.2. The van der Waals surface area contributed by atoms with Crippen LogP contribution in [0.5, 0.6) is 5.75 Å². The molecule has 150 valence electrons. The first-order chi connectivity index (χ1) is 13.9. The van der Waals surface area contributed by atoms with Crippen molar-refractivity contribution in [2.75, 3.05) is 7.11 Å². The predicted octanol–water partition coefficient (Wildman–Crippen LogP) is 3.27. The van der Waals surface area contributed by atoms with Gasteiger partial charge in [-0.1, -0.05) is 24.3 Å². The van der Waals surface area contributed by atoms with Crippen LogP contribution in [0.4, 0.5) is 4.39 Å². The maximum Gasteiger partial charge on any atom is 0.282 e. The van der Waals surface area contributed by atoms with Gasteiger partial charge in [0, 0.05) is 17.8 Å². The number of carbonyl (C=O) groups is 1. The van der Waals surface area contributed by atoms with Gasteiger partial charge in [0.1, 0.15) is 11.6 Å². The average Bonchev–Trinajstić information content (AvgIpc) is 3.03. The predicted molar refractivity (Wildman–Crippen MR) is 111 cm³/mol. The third-order valence-corrected chi connectivity index (χ3v) is 4.75. The topological polar surface area (TPSA) is 95.6 Å². The number of guanidine groups is 1. The van der Waals surface area contributed by atoms with E-state index in [2.05, 4.69) is 4.99 Å². The number of aliphatic imine (C=N–C) groups is 1. The largest absolute Gasteiger partial charge is 0.496 e. The molecule has 4 N–H and O–H groups in total. The van der Waals surface area contributed by atoms with Crippen molar-refractivity contribution in [3.63, 3.8) is 0 Å². The number of aryl methyl sites for hydroxylation is 1. The molecule has 0 bridgehead atoms. The van der Waals surface area contributed by atoms with Crippen molar-refractivity contribution in [1.29, 1.82) is 0 Å². The monoisotopic (exact) mass is 394 g/mol. The molecule has 1 aromatic heterocycles. The number of ether oxygens (including phenoxy) is 1. The average molecular weight is 394 g/mol. The fraction of sp³-hybridized carbons (Fsp3) is 0.182. The lowest BCUT2D eigenvalue weighted by Gasteiger charge is -2.14. The Morgan fingerprint density at radius 1 is 1.14 bits per heavy atom. The second-order valence-corrected chi connectivity index (χ2v) is 6.60. The number of aromatic nitrogens is 1. The highest BCUT2D eigenvalue weighted by atomic mass is 19.1. The molecular weight excluding hydrogens is 371 g/mol. The lowest BCUT2D eigenvalue weighted by molar-refractivity contribution is 0.100. The van der Waals surface area contributed by atoms with Crippen LogP contribution in [0.3, 0.4) is 0 Å². The van der Waals surface area contributed by atoms with Crippen molar-refractivity contribution < 1.29 is 13.9 Å². The van der Waals surface area contributed by atoms with E-state index in [9.17, 15) is 9.18 Å². The van der Waals surface area contributed by atoms with Gasteiger partial charge in [-0.3, -0.25) is 4.79 Å². The number of rotatable bonds is 6. The van der Waals surface area contributed by atoms with Crippen LogP contribution in [0.15, 0.2) is 59.6 Å². The SMILES string of the molecule is COc1ccccc1-c1cc(C(=O)N=C(N)N)c(C)n1CCc1ccc(F)cc1. The summed E-state index contributed by atoms with van der Waals surface area (Å²) in [7, 11) is 1.60. The minimum Gasteiger partial charge on any atom is -0.496 e. The first-order valence-electron chi connectivity index (χ1n) is 9.12. The number of para-hydroxylation sites is 1. The van der Waals surface area contributed by atoms with Gasteiger partial charge in [-0.15, -0.1) is 0 Å². The van der Waals surface area contributed by atoms with Crippen molar-refractivity contribution in [1.82, 2.24) is 4.57 Å². The zero-order valence-corrected chi connectivity index (χ0v) is 16.4. The molecule has 0 aliphatic carbocycles. The number of benzene rings is 2. The van der Waals surface area contributed by atoms with E-state index in [-0.39, 0.29) is 11.8 Å². The molecule has 2 aromatic carbocycles. The minimum absolute atomic E-state index is 0.272. The molecule has 1 amide bonds. The molecule has 7 heteroatoms. The Morgan fingerprint density at radius 2 is 1.83 bits per heavy atom. The molecule has 0 saturated carbocycles. The number of nitrogens with zero attached hydrogens (tertiary/aromatic N) is 2. The normalized spacial score (nSPS) is 10.6. The molecule has 0 aliphatic heterocycles. The van der Waals surface area contributed by atoms with Crippen molar-refractivity contribution in [3.8, 4) is 17.0 Å². The van der Waals surface area contributed by atoms with E-state index >= 15 is 0 Å². The van der Waals surface area contributed by atoms with Crippen LogP contribution in [0.2, 0.25) is 0 Å². The summed E-state index contributed by atoms with van der Waals surface area (Å²) in [4.78, 5) is 16.2. The number of amides is 1. The highest BCUT2D eigenvalue weighted by Crippen LogP contribution is 2.33. The number of hydrogen-bond acceptors (Lipinski definition) is 2. The lowest BCUT2D eigenvalue weighted by atomic mass is 10.1. The molecule has 0 spiro atoms. The van der Waals surface area contributed by atoms with Crippen LogP contribution < -0.4 is 16.2 Å². The lowest BCUT2D eigenvalue weighted by Crippen LogP contribution is -2.24. The molecule has 0 fully saturated rings. The molecule has 29 heavy (non-hydrogen) atoms. The first-order valence-corrected chi connectivity index (χ1v) is 9.12. The van der Waals surface area contributed by atoms with Crippen molar-refractivity contribution in [2.45, 2.75) is 19.9 Å². The molecule has 0 radical (unpaired) electrons. The van der Waals surface area contributed by atoms with E-state index in [1.165, 1.54) is 12.1 Å². The van der Waals surface area contributed by atoms with Crippen LogP contribution >= 0.6 is 0 Å². The summed E-state index contributed by atoms with van der Waals surface area (Å²) < 4.78 is 20.7. The van der Waals surface area contributed by atoms with Crippen LogP contribution in [0.1, 0.15) is 21.6 Å². The van der Waals surface area contributed by atoms with E-state index in [1.54, 1.807) is 25.3 Å². The third kappa shape index (κ3) is 4.45. The van der Waals surface area contributed by atoms with E-state index in [1.807, 2.05) is 35.8 Å². The Kier molecular flexibility index (Phi) is 5.97. The zero-order chi connectivity index (χ0) is 21.0. The summed E-state index contributed by atoms with van der Waals surface area (Å²) in [5.74, 6) is -0.369. The number of methoxy groups -OCH3 is 1. The first kappa shape index (κ1) is 20.1. The Bertz CT molecular complexity index is 1050. The molecule has 0 unspecified atom stereocenters. The summed E-state index contributed by atoms with van der Waals surface area (Å²) in [6, 6.07) is 15.7. The number of hydrogen-bond donors (Lipinski definition) is 2. The zero-order valence-electron chi connectivity index (χ0n) is 16.4. The smallest absolute Gasteiger partial charge is 0.282 e. The van der Waals surface area contributed by atoms with Gasteiger partial charge in [-0.05, 0) is 49.2 Å². The number of halogens is 1. The van der Waals surface area contributed by atoms with E-state index in [4.69, 9.17) is 16.2 Å².